The predicted molar refractivity (Wildman–Crippen MR) is 98.0 cm³/mol. The molecule has 2 aromatic carbocycles. The van der Waals surface area contributed by atoms with E-state index in [2.05, 4.69) is 39.5 Å². The van der Waals surface area contributed by atoms with Gasteiger partial charge in [-0.05, 0) is 34.9 Å². The van der Waals surface area contributed by atoms with Crippen LogP contribution in [0.2, 0.25) is 0 Å². The molecule has 1 aliphatic heterocycles. The number of rotatable bonds is 4. The van der Waals surface area contributed by atoms with Gasteiger partial charge in [-0.1, -0.05) is 42.5 Å². The Morgan fingerprint density at radius 1 is 0.920 bits per heavy atom. The van der Waals surface area contributed by atoms with Crippen molar-refractivity contribution in [3.05, 3.63) is 95.3 Å². The monoisotopic (exact) mass is 329 g/mol. The number of hydrogen-bond donors (Lipinski definition) is 1. The van der Waals surface area contributed by atoms with Crippen LogP contribution in [0.5, 0.6) is 0 Å². The molecule has 0 bridgehead atoms. The second-order valence-electron chi connectivity index (χ2n) is 6.26. The third kappa shape index (κ3) is 3.44. The second kappa shape index (κ2) is 6.87. The summed E-state index contributed by atoms with van der Waals surface area (Å²) in [5, 5.41) is 2.94. The fraction of sp³-hybridized carbons (Fsp3) is 0.143. The van der Waals surface area contributed by atoms with Gasteiger partial charge in [-0.2, -0.15) is 0 Å². The Morgan fingerprint density at radius 2 is 1.56 bits per heavy atom. The molecule has 124 valence electrons. The van der Waals surface area contributed by atoms with E-state index in [1.54, 1.807) is 24.5 Å². The molecule has 3 aromatic rings. The third-order valence-electron chi connectivity index (χ3n) is 4.50. The summed E-state index contributed by atoms with van der Waals surface area (Å²) in [6.07, 6.45) is 3.34. The zero-order chi connectivity index (χ0) is 17.1. The summed E-state index contributed by atoms with van der Waals surface area (Å²) in [7, 11) is 0. The number of carbonyl (C=O) groups is 1. The summed E-state index contributed by atoms with van der Waals surface area (Å²) in [5.41, 5.74) is 5.27. The first-order valence-corrected chi connectivity index (χ1v) is 8.38. The van der Waals surface area contributed by atoms with Crippen LogP contribution in [0.25, 0.3) is 0 Å². The molecule has 0 unspecified atom stereocenters. The number of amides is 1. The van der Waals surface area contributed by atoms with Crippen molar-refractivity contribution in [2.24, 2.45) is 0 Å². The highest BCUT2D eigenvalue weighted by Crippen LogP contribution is 2.25. The molecule has 25 heavy (non-hydrogen) atoms. The molecule has 1 N–H and O–H groups in total. The fourth-order valence-corrected chi connectivity index (χ4v) is 3.27. The molecular weight excluding hydrogens is 310 g/mol. The van der Waals surface area contributed by atoms with E-state index in [9.17, 15) is 4.79 Å². The number of nitrogens with one attached hydrogen (secondary N) is 1. The van der Waals surface area contributed by atoms with E-state index in [1.165, 1.54) is 11.1 Å². The summed E-state index contributed by atoms with van der Waals surface area (Å²) in [5.74, 6) is -0.0847. The quantitative estimate of drug-likeness (QED) is 0.791. The molecule has 1 aromatic heterocycles. The second-order valence-corrected chi connectivity index (χ2v) is 6.26. The zero-order valence-electron chi connectivity index (χ0n) is 13.9. The summed E-state index contributed by atoms with van der Waals surface area (Å²) < 4.78 is 0. The van der Waals surface area contributed by atoms with Crippen LogP contribution < -0.4 is 5.32 Å². The smallest absolute Gasteiger partial charge is 0.255 e. The average molecular weight is 329 g/mol. The number of anilines is 1. The van der Waals surface area contributed by atoms with E-state index in [4.69, 9.17) is 0 Å². The van der Waals surface area contributed by atoms with Gasteiger partial charge in [0.25, 0.3) is 5.91 Å². The SMILES string of the molecule is O=C(Nc1ccncc1)c1ccccc1CN1Cc2ccccc2C1. The maximum atomic E-state index is 12.7. The Balaban J connectivity index is 1.51. The fourth-order valence-electron chi connectivity index (χ4n) is 3.27. The molecule has 1 aliphatic rings. The van der Waals surface area contributed by atoms with Gasteiger partial charge in [0.05, 0.1) is 0 Å². The van der Waals surface area contributed by atoms with Crippen molar-refractivity contribution in [1.82, 2.24) is 9.88 Å². The molecule has 4 heteroatoms. The summed E-state index contributed by atoms with van der Waals surface area (Å²) in [6.45, 7) is 2.61. The zero-order valence-corrected chi connectivity index (χ0v) is 13.9. The normalized spacial score (nSPS) is 13.4. The van der Waals surface area contributed by atoms with Crippen molar-refractivity contribution in [1.29, 1.82) is 0 Å². The number of nitrogens with zero attached hydrogens (tertiary/aromatic N) is 2. The molecule has 0 aliphatic carbocycles. The van der Waals surface area contributed by atoms with Gasteiger partial charge in [-0.3, -0.25) is 14.7 Å². The van der Waals surface area contributed by atoms with Gasteiger partial charge in [-0.25, -0.2) is 0 Å². The van der Waals surface area contributed by atoms with E-state index in [1.807, 2.05) is 24.3 Å². The Bertz CT molecular complexity index is 867. The van der Waals surface area contributed by atoms with Crippen molar-refractivity contribution in [2.75, 3.05) is 5.32 Å². The Hall–Kier alpha value is -2.98. The van der Waals surface area contributed by atoms with Crippen molar-refractivity contribution in [3.8, 4) is 0 Å². The number of aromatic nitrogens is 1. The Morgan fingerprint density at radius 3 is 2.28 bits per heavy atom. The molecule has 4 nitrogen and oxygen atoms in total. The molecule has 0 radical (unpaired) electrons. The van der Waals surface area contributed by atoms with Crippen LogP contribution in [0.3, 0.4) is 0 Å². The predicted octanol–water partition coefficient (Wildman–Crippen LogP) is 3.85. The van der Waals surface area contributed by atoms with E-state index in [0.29, 0.717) is 0 Å². The van der Waals surface area contributed by atoms with Crippen molar-refractivity contribution < 1.29 is 4.79 Å². The van der Waals surface area contributed by atoms with Gasteiger partial charge in [0.15, 0.2) is 0 Å². The van der Waals surface area contributed by atoms with E-state index < -0.39 is 0 Å². The standard InChI is InChI=1S/C21H19N3O/c25-21(23-19-9-11-22-12-10-19)20-8-4-3-7-18(20)15-24-13-16-5-1-2-6-17(16)14-24/h1-12H,13-15H2,(H,22,23,25). The highest BCUT2D eigenvalue weighted by Gasteiger charge is 2.20. The van der Waals surface area contributed by atoms with Crippen LogP contribution in [0, 0.1) is 0 Å². The van der Waals surface area contributed by atoms with Crippen molar-refractivity contribution >= 4 is 11.6 Å². The lowest BCUT2D eigenvalue weighted by Crippen LogP contribution is -2.20. The van der Waals surface area contributed by atoms with Crippen LogP contribution >= 0.6 is 0 Å². The highest BCUT2D eigenvalue weighted by atomic mass is 16.1. The average Bonchev–Trinajstić information content (AvgIpc) is 3.05. The molecule has 0 spiro atoms. The number of pyridine rings is 1. The van der Waals surface area contributed by atoms with Crippen LogP contribution in [-0.4, -0.2) is 15.8 Å². The van der Waals surface area contributed by atoms with E-state index in [-0.39, 0.29) is 5.91 Å². The summed E-state index contributed by atoms with van der Waals surface area (Å²) in [4.78, 5) is 19.0. The first kappa shape index (κ1) is 15.5. The molecule has 1 amide bonds. The largest absolute Gasteiger partial charge is 0.322 e. The van der Waals surface area contributed by atoms with Crippen molar-refractivity contribution in [3.63, 3.8) is 0 Å². The summed E-state index contributed by atoms with van der Waals surface area (Å²) in [6, 6.07) is 19.9. The minimum absolute atomic E-state index is 0.0847. The molecule has 0 saturated heterocycles. The third-order valence-corrected chi connectivity index (χ3v) is 4.50. The molecule has 0 fully saturated rings. The highest BCUT2D eigenvalue weighted by molar-refractivity contribution is 6.05. The van der Waals surface area contributed by atoms with Gasteiger partial charge in [0.1, 0.15) is 0 Å². The lowest BCUT2D eigenvalue weighted by atomic mass is 10.1. The van der Waals surface area contributed by atoms with E-state index in [0.717, 1.165) is 36.4 Å². The maximum Gasteiger partial charge on any atom is 0.255 e. The van der Waals surface area contributed by atoms with Crippen LogP contribution in [0.15, 0.2) is 73.1 Å². The Labute approximate surface area is 147 Å². The molecular formula is C21H19N3O. The first-order chi connectivity index (χ1) is 12.3. The minimum Gasteiger partial charge on any atom is -0.322 e. The minimum atomic E-state index is -0.0847. The van der Waals surface area contributed by atoms with Gasteiger partial charge in [-0.15, -0.1) is 0 Å². The molecule has 0 atom stereocenters. The Kier molecular flexibility index (Phi) is 4.27. The van der Waals surface area contributed by atoms with Gasteiger partial charge in [0, 0.05) is 43.3 Å². The first-order valence-electron chi connectivity index (χ1n) is 8.38. The van der Waals surface area contributed by atoms with Crippen LogP contribution in [0.4, 0.5) is 5.69 Å². The number of fused-ring (bicyclic) bond motifs is 1. The van der Waals surface area contributed by atoms with Crippen LogP contribution in [-0.2, 0) is 19.6 Å². The van der Waals surface area contributed by atoms with Gasteiger partial charge >= 0.3 is 0 Å². The number of carbonyl (C=O) groups excluding carboxylic acids is 1. The lowest BCUT2D eigenvalue weighted by molar-refractivity contribution is 0.102. The van der Waals surface area contributed by atoms with Gasteiger partial charge < -0.3 is 5.32 Å². The van der Waals surface area contributed by atoms with Crippen molar-refractivity contribution in [2.45, 2.75) is 19.6 Å². The van der Waals surface area contributed by atoms with E-state index >= 15 is 0 Å². The number of hydrogen-bond acceptors (Lipinski definition) is 3. The maximum absolute atomic E-state index is 12.7. The molecule has 4 rings (SSSR count). The van der Waals surface area contributed by atoms with Gasteiger partial charge in [0.2, 0.25) is 0 Å². The lowest BCUT2D eigenvalue weighted by Gasteiger charge is -2.17. The topological polar surface area (TPSA) is 45.2 Å². The molecule has 2 heterocycles. The summed E-state index contributed by atoms with van der Waals surface area (Å²) >= 11 is 0. The van der Waals surface area contributed by atoms with Crippen LogP contribution in [0.1, 0.15) is 27.0 Å². The molecule has 0 saturated carbocycles. The number of benzene rings is 2.